The smallest absolute Gasteiger partial charge is 0.230 e. The van der Waals surface area contributed by atoms with Gasteiger partial charge in [-0.25, -0.2) is 4.98 Å². The van der Waals surface area contributed by atoms with Gasteiger partial charge in [-0.15, -0.1) is 0 Å². The first-order valence-electron chi connectivity index (χ1n) is 6.31. The van der Waals surface area contributed by atoms with E-state index in [1.807, 2.05) is 12.1 Å². The second-order valence-electron chi connectivity index (χ2n) is 4.60. The predicted octanol–water partition coefficient (Wildman–Crippen LogP) is 5.44. The number of fused-ring (bicyclic) bond motifs is 1. The number of carbonyl (C=O) groups excluding carboxylic acids is 1. The Morgan fingerprint density at radius 3 is 2.68 bits per heavy atom. The lowest BCUT2D eigenvalue weighted by Gasteiger charge is -2.03. The number of anilines is 1. The number of hydrogen-bond acceptors (Lipinski definition) is 3. The normalized spacial score (nSPS) is 10.9. The molecule has 0 bridgehead atoms. The van der Waals surface area contributed by atoms with Crippen LogP contribution in [0.4, 0.5) is 5.13 Å². The van der Waals surface area contributed by atoms with E-state index in [0.29, 0.717) is 20.2 Å². The molecule has 0 saturated carbocycles. The number of nitrogens with zero attached hydrogens (tertiary/aromatic N) is 1. The molecule has 0 aliphatic rings. The van der Waals surface area contributed by atoms with Crippen LogP contribution >= 0.6 is 46.1 Å². The zero-order valence-electron chi connectivity index (χ0n) is 11.1. The van der Waals surface area contributed by atoms with Crippen molar-refractivity contribution in [2.75, 3.05) is 5.32 Å². The SMILES string of the molecule is O=C(Cc1ccc(Cl)c(Cl)c1)Nc1nc2ccc(Cl)cc2s1. The lowest BCUT2D eigenvalue weighted by molar-refractivity contribution is -0.115. The van der Waals surface area contributed by atoms with Gasteiger partial charge in [0.25, 0.3) is 0 Å². The molecule has 22 heavy (non-hydrogen) atoms. The quantitative estimate of drug-likeness (QED) is 0.666. The maximum absolute atomic E-state index is 12.1. The van der Waals surface area contributed by atoms with E-state index in [-0.39, 0.29) is 12.3 Å². The average Bonchev–Trinajstić information content (AvgIpc) is 2.84. The highest BCUT2D eigenvalue weighted by Crippen LogP contribution is 2.28. The van der Waals surface area contributed by atoms with Crippen LogP contribution in [0.5, 0.6) is 0 Å². The molecule has 0 aliphatic heterocycles. The highest BCUT2D eigenvalue weighted by atomic mass is 35.5. The number of halogens is 3. The lowest BCUT2D eigenvalue weighted by Crippen LogP contribution is -2.14. The maximum atomic E-state index is 12.1. The minimum Gasteiger partial charge on any atom is -0.302 e. The molecule has 3 nitrogen and oxygen atoms in total. The number of amides is 1. The Bertz CT molecular complexity index is 863. The summed E-state index contributed by atoms with van der Waals surface area (Å²) in [6, 6.07) is 10.5. The van der Waals surface area contributed by atoms with Crippen LogP contribution in [0.15, 0.2) is 36.4 Å². The monoisotopic (exact) mass is 370 g/mol. The van der Waals surface area contributed by atoms with Crippen molar-refractivity contribution in [1.29, 1.82) is 0 Å². The largest absolute Gasteiger partial charge is 0.302 e. The third-order valence-electron chi connectivity index (χ3n) is 2.95. The molecule has 0 atom stereocenters. The molecule has 1 amide bonds. The van der Waals surface area contributed by atoms with Gasteiger partial charge in [0, 0.05) is 5.02 Å². The van der Waals surface area contributed by atoms with Crippen molar-refractivity contribution in [3.63, 3.8) is 0 Å². The van der Waals surface area contributed by atoms with E-state index in [4.69, 9.17) is 34.8 Å². The summed E-state index contributed by atoms with van der Waals surface area (Å²) in [5.41, 5.74) is 1.59. The van der Waals surface area contributed by atoms with Crippen molar-refractivity contribution in [3.05, 3.63) is 57.0 Å². The fourth-order valence-electron chi connectivity index (χ4n) is 1.95. The van der Waals surface area contributed by atoms with Crippen molar-refractivity contribution < 1.29 is 4.79 Å². The lowest BCUT2D eigenvalue weighted by atomic mass is 10.1. The zero-order chi connectivity index (χ0) is 15.7. The van der Waals surface area contributed by atoms with Crippen LogP contribution in [0, 0.1) is 0 Å². The van der Waals surface area contributed by atoms with E-state index >= 15 is 0 Å². The molecule has 0 radical (unpaired) electrons. The molecular weight excluding hydrogens is 363 g/mol. The van der Waals surface area contributed by atoms with Gasteiger partial charge in [-0.05, 0) is 35.9 Å². The fourth-order valence-corrected chi connectivity index (χ4v) is 3.43. The average molecular weight is 372 g/mol. The molecule has 3 aromatic rings. The minimum atomic E-state index is -0.163. The summed E-state index contributed by atoms with van der Waals surface area (Å²) in [4.78, 5) is 16.4. The Morgan fingerprint density at radius 1 is 1.09 bits per heavy atom. The first kappa shape index (κ1) is 15.6. The van der Waals surface area contributed by atoms with E-state index in [0.717, 1.165) is 15.8 Å². The summed E-state index contributed by atoms with van der Waals surface area (Å²) in [6.45, 7) is 0. The van der Waals surface area contributed by atoms with Crippen LogP contribution < -0.4 is 5.32 Å². The van der Waals surface area contributed by atoms with Crippen LogP contribution in [-0.4, -0.2) is 10.9 Å². The van der Waals surface area contributed by atoms with Crippen molar-refractivity contribution in [2.45, 2.75) is 6.42 Å². The van der Waals surface area contributed by atoms with Crippen LogP contribution in [0.25, 0.3) is 10.2 Å². The number of carbonyl (C=O) groups is 1. The summed E-state index contributed by atoms with van der Waals surface area (Å²) in [6.07, 6.45) is 0.202. The number of rotatable bonds is 3. The summed E-state index contributed by atoms with van der Waals surface area (Å²) in [5.74, 6) is -0.163. The van der Waals surface area contributed by atoms with Crippen LogP contribution in [0.1, 0.15) is 5.56 Å². The molecule has 0 aliphatic carbocycles. The Hall–Kier alpha value is -1.33. The van der Waals surface area contributed by atoms with Gasteiger partial charge >= 0.3 is 0 Å². The maximum Gasteiger partial charge on any atom is 0.230 e. The Labute approximate surface area is 145 Å². The minimum absolute atomic E-state index is 0.163. The summed E-state index contributed by atoms with van der Waals surface area (Å²) >= 11 is 19.1. The van der Waals surface area contributed by atoms with Gasteiger partial charge in [-0.2, -0.15) is 0 Å². The second-order valence-corrected chi connectivity index (χ2v) is 6.89. The van der Waals surface area contributed by atoms with E-state index in [9.17, 15) is 4.79 Å². The van der Waals surface area contributed by atoms with Gasteiger partial charge in [0.05, 0.1) is 26.7 Å². The van der Waals surface area contributed by atoms with Crippen LogP contribution in [0.3, 0.4) is 0 Å². The van der Waals surface area contributed by atoms with Gasteiger partial charge in [0.2, 0.25) is 5.91 Å². The highest BCUT2D eigenvalue weighted by molar-refractivity contribution is 7.22. The fraction of sp³-hybridized carbons (Fsp3) is 0.0667. The number of nitrogens with one attached hydrogen (secondary N) is 1. The van der Waals surface area contributed by atoms with E-state index in [1.165, 1.54) is 11.3 Å². The van der Waals surface area contributed by atoms with Crippen molar-refractivity contribution in [2.24, 2.45) is 0 Å². The van der Waals surface area contributed by atoms with Crippen LogP contribution in [0.2, 0.25) is 15.1 Å². The highest BCUT2D eigenvalue weighted by Gasteiger charge is 2.10. The molecule has 1 aromatic heterocycles. The molecule has 1 N–H and O–H groups in total. The molecule has 0 saturated heterocycles. The van der Waals surface area contributed by atoms with E-state index in [2.05, 4.69) is 10.3 Å². The van der Waals surface area contributed by atoms with Crippen molar-refractivity contribution in [3.8, 4) is 0 Å². The van der Waals surface area contributed by atoms with Gasteiger partial charge in [-0.1, -0.05) is 52.2 Å². The predicted molar refractivity (Wildman–Crippen MR) is 93.4 cm³/mol. The van der Waals surface area contributed by atoms with Gasteiger partial charge in [0.15, 0.2) is 5.13 Å². The molecular formula is C15H9Cl3N2OS. The summed E-state index contributed by atoms with van der Waals surface area (Å²) in [7, 11) is 0. The molecule has 0 unspecified atom stereocenters. The van der Waals surface area contributed by atoms with Gasteiger partial charge < -0.3 is 5.32 Å². The number of hydrogen-bond donors (Lipinski definition) is 1. The third kappa shape index (κ3) is 3.52. The first-order valence-corrected chi connectivity index (χ1v) is 8.26. The van der Waals surface area contributed by atoms with Crippen LogP contribution in [-0.2, 0) is 11.2 Å². The zero-order valence-corrected chi connectivity index (χ0v) is 14.2. The Morgan fingerprint density at radius 2 is 1.91 bits per heavy atom. The van der Waals surface area contributed by atoms with Gasteiger partial charge in [-0.3, -0.25) is 4.79 Å². The molecule has 1 heterocycles. The standard InChI is InChI=1S/C15H9Cl3N2OS/c16-9-2-4-12-13(7-9)22-15(19-12)20-14(21)6-8-1-3-10(17)11(18)5-8/h1-5,7H,6H2,(H,19,20,21). The van der Waals surface area contributed by atoms with Crippen molar-refractivity contribution >= 4 is 67.4 Å². The topological polar surface area (TPSA) is 42.0 Å². The summed E-state index contributed by atoms with van der Waals surface area (Å²) < 4.78 is 0.928. The number of benzene rings is 2. The molecule has 112 valence electrons. The molecule has 3 rings (SSSR count). The molecule has 0 spiro atoms. The molecule has 7 heteroatoms. The Balaban J connectivity index is 1.73. The number of thiazole rings is 1. The van der Waals surface area contributed by atoms with E-state index in [1.54, 1.807) is 24.3 Å². The first-order chi connectivity index (χ1) is 10.5. The van der Waals surface area contributed by atoms with E-state index < -0.39 is 0 Å². The third-order valence-corrected chi connectivity index (χ3v) is 4.85. The number of aromatic nitrogens is 1. The second kappa shape index (κ2) is 6.42. The van der Waals surface area contributed by atoms with Gasteiger partial charge in [0.1, 0.15) is 0 Å². The van der Waals surface area contributed by atoms with Crippen molar-refractivity contribution in [1.82, 2.24) is 4.98 Å². The molecule has 2 aromatic carbocycles. The summed E-state index contributed by atoms with van der Waals surface area (Å²) in [5, 5.41) is 4.87. The Kier molecular flexibility index (Phi) is 4.54. The molecule has 0 fully saturated rings.